The Kier molecular flexibility index (Phi) is 6.54. The Bertz CT molecular complexity index is 1360. The van der Waals surface area contributed by atoms with E-state index in [2.05, 4.69) is 15.4 Å². The summed E-state index contributed by atoms with van der Waals surface area (Å²) in [4.78, 5) is 32.9. The van der Waals surface area contributed by atoms with E-state index in [1.807, 2.05) is 78.1 Å². The minimum absolute atomic E-state index is 0.00296. The summed E-state index contributed by atoms with van der Waals surface area (Å²) in [7, 11) is 0. The molecule has 3 aromatic heterocycles. The Morgan fingerprint density at radius 2 is 2.03 bits per heavy atom. The summed E-state index contributed by atoms with van der Waals surface area (Å²) in [6.07, 6.45) is 9.55. The second-order valence-electron chi connectivity index (χ2n) is 8.37. The van der Waals surface area contributed by atoms with Gasteiger partial charge in [0, 0.05) is 60.4 Å². The Balaban J connectivity index is 1.26. The molecule has 176 valence electrons. The fourth-order valence-electron chi connectivity index (χ4n) is 4.27. The smallest absolute Gasteiger partial charge is 0.254 e. The van der Waals surface area contributed by atoms with Crippen molar-refractivity contribution in [1.82, 2.24) is 25.0 Å². The standard InChI is InChI=1S/C27H25N5O2S/c1-19-25(17-29-26(33)10-9-23-4-2-15-35-23)24-11-14-31(18-21(24)16-28-19)27(34)20-5-7-22(8-6-20)32-13-3-12-30-32/h2-10,12-13,15-16H,11,14,17-18H2,1H3,(H,29,33). The van der Waals surface area contributed by atoms with Gasteiger partial charge in [-0.15, -0.1) is 11.3 Å². The van der Waals surface area contributed by atoms with Crippen LogP contribution < -0.4 is 5.32 Å². The highest BCUT2D eigenvalue weighted by Gasteiger charge is 2.25. The number of carbonyl (C=O) groups excluding carboxylic acids is 2. The van der Waals surface area contributed by atoms with E-state index in [9.17, 15) is 9.59 Å². The van der Waals surface area contributed by atoms with Gasteiger partial charge >= 0.3 is 0 Å². The van der Waals surface area contributed by atoms with Gasteiger partial charge in [-0.05, 0) is 77.9 Å². The first-order valence-corrected chi connectivity index (χ1v) is 12.3. The molecular weight excluding hydrogens is 458 g/mol. The van der Waals surface area contributed by atoms with Gasteiger partial charge in [-0.1, -0.05) is 6.07 Å². The lowest BCUT2D eigenvalue weighted by Gasteiger charge is -2.30. The van der Waals surface area contributed by atoms with Gasteiger partial charge in [0.1, 0.15) is 0 Å². The normalized spacial score (nSPS) is 13.1. The predicted molar refractivity (Wildman–Crippen MR) is 136 cm³/mol. The van der Waals surface area contributed by atoms with Crippen LogP contribution in [0.2, 0.25) is 0 Å². The zero-order chi connectivity index (χ0) is 24.2. The van der Waals surface area contributed by atoms with Gasteiger partial charge in [0.25, 0.3) is 5.91 Å². The number of carbonyl (C=O) groups is 2. The van der Waals surface area contributed by atoms with Gasteiger partial charge in [0.15, 0.2) is 0 Å². The van der Waals surface area contributed by atoms with Crippen molar-refractivity contribution in [2.45, 2.75) is 26.4 Å². The Morgan fingerprint density at radius 3 is 2.77 bits per heavy atom. The second-order valence-corrected chi connectivity index (χ2v) is 9.35. The zero-order valence-electron chi connectivity index (χ0n) is 19.3. The minimum atomic E-state index is -0.137. The van der Waals surface area contributed by atoms with E-state index < -0.39 is 0 Å². The molecule has 7 nitrogen and oxygen atoms in total. The van der Waals surface area contributed by atoms with Crippen LogP contribution in [0.15, 0.2) is 72.5 Å². The van der Waals surface area contributed by atoms with Crippen molar-refractivity contribution in [1.29, 1.82) is 0 Å². The highest BCUT2D eigenvalue weighted by molar-refractivity contribution is 7.10. The van der Waals surface area contributed by atoms with Crippen LogP contribution in [-0.2, 0) is 24.3 Å². The van der Waals surface area contributed by atoms with Crippen LogP contribution in [0.1, 0.15) is 37.6 Å². The quantitative estimate of drug-likeness (QED) is 0.418. The summed E-state index contributed by atoms with van der Waals surface area (Å²) >= 11 is 1.59. The van der Waals surface area contributed by atoms with Crippen LogP contribution in [0.5, 0.6) is 0 Å². The molecular formula is C27H25N5O2S. The Morgan fingerprint density at radius 1 is 1.17 bits per heavy atom. The summed E-state index contributed by atoms with van der Waals surface area (Å²) in [5.41, 5.74) is 5.71. The SMILES string of the molecule is Cc1ncc2c(c1CNC(=O)C=Cc1cccs1)CCN(C(=O)c1ccc(-n3cccn3)cc1)C2. The summed E-state index contributed by atoms with van der Waals surface area (Å²) in [6.45, 7) is 3.50. The van der Waals surface area contributed by atoms with Gasteiger partial charge in [0.05, 0.1) is 5.69 Å². The average molecular weight is 484 g/mol. The predicted octanol–water partition coefficient (Wildman–Crippen LogP) is 4.17. The van der Waals surface area contributed by atoms with E-state index in [4.69, 9.17) is 0 Å². The summed E-state index contributed by atoms with van der Waals surface area (Å²) in [5, 5.41) is 9.18. The van der Waals surface area contributed by atoms with Gasteiger partial charge in [0.2, 0.25) is 5.91 Å². The number of nitrogens with one attached hydrogen (secondary N) is 1. The molecule has 0 aliphatic carbocycles. The molecule has 1 aliphatic rings. The van der Waals surface area contributed by atoms with Gasteiger partial charge in [-0.2, -0.15) is 5.10 Å². The zero-order valence-corrected chi connectivity index (χ0v) is 20.2. The minimum Gasteiger partial charge on any atom is -0.348 e. The highest BCUT2D eigenvalue weighted by Crippen LogP contribution is 2.25. The number of nitrogens with zero attached hydrogens (tertiary/aromatic N) is 4. The van der Waals surface area contributed by atoms with Crippen molar-refractivity contribution < 1.29 is 9.59 Å². The van der Waals surface area contributed by atoms with Crippen LogP contribution in [0.4, 0.5) is 0 Å². The van der Waals surface area contributed by atoms with E-state index >= 15 is 0 Å². The average Bonchev–Trinajstić information content (AvgIpc) is 3.61. The lowest BCUT2D eigenvalue weighted by molar-refractivity contribution is -0.116. The maximum Gasteiger partial charge on any atom is 0.254 e. The highest BCUT2D eigenvalue weighted by atomic mass is 32.1. The maximum atomic E-state index is 13.2. The number of aryl methyl sites for hydroxylation is 1. The number of rotatable bonds is 6. The van der Waals surface area contributed by atoms with Crippen molar-refractivity contribution >= 4 is 29.2 Å². The molecule has 4 aromatic rings. The molecule has 1 aliphatic heterocycles. The van der Waals surface area contributed by atoms with Gasteiger partial charge in [-0.25, -0.2) is 4.68 Å². The summed E-state index contributed by atoms with van der Waals surface area (Å²) in [5.74, 6) is -0.140. The molecule has 0 saturated heterocycles. The Labute approximate surface area is 207 Å². The van der Waals surface area contributed by atoms with Crippen molar-refractivity contribution in [3.63, 3.8) is 0 Å². The molecule has 0 saturated carbocycles. The molecule has 0 radical (unpaired) electrons. The molecule has 0 fully saturated rings. The third kappa shape index (κ3) is 5.07. The van der Waals surface area contributed by atoms with E-state index in [0.717, 1.165) is 33.8 Å². The van der Waals surface area contributed by atoms with Crippen LogP contribution in [0.3, 0.4) is 0 Å². The topological polar surface area (TPSA) is 80.1 Å². The van der Waals surface area contributed by atoms with Crippen LogP contribution >= 0.6 is 11.3 Å². The molecule has 8 heteroatoms. The fourth-order valence-corrected chi connectivity index (χ4v) is 4.89. The number of benzene rings is 1. The van der Waals surface area contributed by atoms with Crippen LogP contribution in [0.25, 0.3) is 11.8 Å². The third-order valence-corrected chi connectivity index (χ3v) is 6.99. The number of amides is 2. The number of hydrogen-bond donors (Lipinski definition) is 1. The number of pyridine rings is 1. The molecule has 0 spiro atoms. The molecule has 5 rings (SSSR count). The molecule has 1 aromatic carbocycles. The summed E-state index contributed by atoms with van der Waals surface area (Å²) in [6, 6.07) is 13.3. The Hall–Kier alpha value is -4.04. The number of aromatic nitrogens is 3. The summed E-state index contributed by atoms with van der Waals surface area (Å²) < 4.78 is 1.76. The van der Waals surface area contributed by atoms with Crippen LogP contribution in [0, 0.1) is 6.92 Å². The fraction of sp³-hybridized carbons (Fsp3) is 0.185. The first-order valence-electron chi connectivity index (χ1n) is 11.4. The lowest BCUT2D eigenvalue weighted by Crippen LogP contribution is -2.37. The second kappa shape index (κ2) is 10.1. The van der Waals surface area contributed by atoms with Crippen LogP contribution in [-0.4, -0.2) is 38.0 Å². The largest absolute Gasteiger partial charge is 0.348 e. The lowest BCUT2D eigenvalue weighted by atomic mass is 9.94. The molecule has 0 atom stereocenters. The van der Waals surface area contributed by atoms with E-state index in [1.165, 1.54) is 5.56 Å². The van der Waals surface area contributed by atoms with E-state index in [0.29, 0.717) is 25.2 Å². The monoisotopic (exact) mass is 483 g/mol. The number of thiophene rings is 1. The van der Waals surface area contributed by atoms with Crippen molar-refractivity contribution in [2.24, 2.45) is 0 Å². The molecule has 1 N–H and O–H groups in total. The maximum absolute atomic E-state index is 13.2. The number of hydrogen-bond acceptors (Lipinski definition) is 5. The van der Waals surface area contributed by atoms with Gasteiger partial charge < -0.3 is 10.2 Å². The number of fused-ring (bicyclic) bond motifs is 1. The first-order chi connectivity index (χ1) is 17.1. The molecule has 0 bridgehead atoms. The molecule has 35 heavy (non-hydrogen) atoms. The van der Waals surface area contributed by atoms with Crippen molar-refractivity contribution in [3.05, 3.63) is 105 Å². The van der Waals surface area contributed by atoms with E-state index in [1.54, 1.807) is 28.3 Å². The first kappa shape index (κ1) is 22.7. The molecule has 2 amide bonds. The van der Waals surface area contributed by atoms with Gasteiger partial charge in [-0.3, -0.25) is 14.6 Å². The van der Waals surface area contributed by atoms with Crippen molar-refractivity contribution in [3.8, 4) is 5.69 Å². The molecule has 4 heterocycles. The van der Waals surface area contributed by atoms with Crippen molar-refractivity contribution in [2.75, 3.05) is 6.54 Å². The molecule has 0 unspecified atom stereocenters. The van der Waals surface area contributed by atoms with E-state index in [-0.39, 0.29) is 11.8 Å². The third-order valence-electron chi connectivity index (χ3n) is 6.15.